The molecule has 0 saturated heterocycles. The number of hydrogen-bond acceptors (Lipinski definition) is 8. The number of hydrogen-bond donors (Lipinski definition) is 2. The normalized spacial score (nSPS) is 15.9. The van der Waals surface area contributed by atoms with Gasteiger partial charge in [-0.25, -0.2) is 23.8 Å². The van der Waals surface area contributed by atoms with E-state index in [-0.39, 0.29) is 34.0 Å². The molecule has 13 heteroatoms. The Morgan fingerprint density at radius 2 is 2.22 bits per heavy atom. The van der Waals surface area contributed by atoms with Gasteiger partial charge in [0.1, 0.15) is 22.8 Å². The fourth-order valence-electron chi connectivity index (χ4n) is 2.96. The van der Waals surface area contributed by atoms with Gasteiger partial charge in [-0.1, -0.05) is 16.8 Å². The van der Waals surface area contributed by atoms with Gasteiger partial charge in [0, 0.05) is 12.6 Å². The highest BCUT2D eigenvalue weighted by Crippen LogP contribution is 2.32. The van der Waals surface area contributed by atoms with Crippen LogP contribution in [0.15, 0.2) is 24.4 Å². The van der Waals surface area contributed by atoms with Crippen LogP contribution in [0.3, 0.4) is 0 Å². The maximum absolute atomic E-state index is 13.5. The Morgan fingerprint density at radius 3 is 3.00 bits per heavy atom. The van der Waals surface area contributed by atoms with Gasteiger partial charge in [-0.3, -0.25) is 10.1 Å². The summed E-state index contributed by atoms with van der Waals surface area (Å²) in [6.07, 6.45) is -1.46. The third-order valence-corrected chi connectivity index (χ3v) is 4.94. The molecule has 4 rings (SSSR count). The molecule has 0 saturated carbocycles. The molecule has 0 aliphatic carbocycles. The first-order valence-electron chi connectivity index (χ1n) is 9.40. The predicted octanol–water partition coefficient (Wildman–Crippen LogP) is 3.09. The average Bonchev–Trinajstić information content (AvgIpc) is 3.10. The van der Waals surface area contributed by atoms with Crippen LogP contribution >= 0.6 is 11.6 Å². The van der Waals surface area contributed by atoms with Crippen molar-refractivity contribution in [2.24, 2.45) is 7.05 Å². The van der Waals surface area contributed by atoms with Crippen LogP contribution in [0.25, 0.3) is 11.4 Å². The predicted molar refractivity (Wildman–Crippen MR) is 111 cm³/mol. The molecule has 1 unspecified atom stereocenters. The molecule has 3 aromatic rings. The Kier molecular flexibility index (Phi) is 5.61. The molecule has 1 aliphatic rings. The van der Waals surface area contributed by atoms with Crippen LogP contribution in [-0.4, -0.2) is 43.1 Å². The highest BCUT2D eigenvalue weighted by atomic mass is 35.5. The monoisotopic (exact) mass is 461 g/mol. The summed E-state index contributed by atoms with van der Waals surface area (Å²) in [5.41, 5.74) is 1.23. The first-order chi connectivity index (χ1) is 15.2. The second-order valence-electron chi connectivity index (χ2n) is 6.91. The number of ether oxygens (including phenoxy) is 2. The molecular formula is C19H17ClFN7O4. The van der Waals surface area contributed by atoms with Gasteiger partial charge in [0.05, 0.1) is 11.9 Å². The number of aromatic nitrogens is 5. The molecule has 11 nitrogen and oxygen atoms in total. The lowest BCUT2D eigenvalue weighted by Crippen LogP contribution is -2.34. The molecule has 0 radical (unpaired) electrons. The van der Waals surface area contributed by atoms with E-state index in [9.17, 15) is 14.0 Å². The first kappa shape index (κ1) is 21.4. The van der Waals surface area contributed by atoms with Crippen LogP contribution in [0.4, 0.5) is 20.7 Å². The number of rotatable bonds is 4. The number of nitrogens with one attached hydrogen (secondary N) is 2. The summed E-state index contributed by atoms with van der Waals surface area (Å²) in [6.45, 7) is 3.13. The lowest BCUT2D eigenvalue weighted by Gasteiger charge is -2.22. The lowest BCUT2D eigenvalue weighted by molar-refractivity contribution is -0.122. The quantitative estimate of drug-likeness (QED) is 0.566. The molecule has 166 valence electrons. The smallest absolute Gasteiger partial charge is 0.413 e. The van der Waals surface area contributed by atoms with E-state index >= 15 is 0 Å². The summed E-state index contributed by atoms with van der Waals surface area (Å²) >= 11 is 5.97. The fraction of sp³-hybridized carbons (Fsp3) is 0.263. The average molecular weight is 462 g/mol. The minimum atomic E-state index is -0.879. The third-order valence-electron chi connectivity index (χ3n) is 4.62. The van der Waals surface area contributed by atoms with Crippen LogP contribution in [0.5, 0.6) is 5.88 Å². The van der Waals surface area contributed by atoms with E-state index in [1.54, 1.807) is 26.1 Å². The van der Waals surface area contributed by atoms with Gasteiger partial charge in [0.25, 0.3) is 5.91 Å². The highest BCUT2D eigenvalue weighted by Gasteiger charge is 2.27. The number of carbonyl (C=O) groups is 2. The number of fused-ring (bicyclic) bond motifs is 1. The standard InChI is InChI=1S/C19H17ClFN7O4/c1-8(11-6-10(21)7-22-15(11)20)32-19(30)25-16-14(26-27-28(16)3)12-4-5-13-18(24-12)31-9(2)17(29)23-13/h4-9H,1-3H3,(H,23,29)(H,25,30)/t8-,9?/m1/s1. The van der Waals surface area contributed by atoms with Crippen LogP contribution in [-0.2, 0) is 16.6 Å². The van der Waals surface area contributed by atoms with E-state index < -0.39 is 24.1 Å². The van der Waals surface area contributed by atoms with Crippen molar-refractivity contribution in [3.63, 3.8) is 0 Å². The highest BCUT2D eigenvalue weighted by molar-refractivity contribution is 6.30. The maximum Gasteiger partial charge on any atom is 0.413 e. The Bertz CT molecular complexity index is 1220. The minimum absolute atomic E-state index is 0.0224. The Balaban J connectivity index is 1.55. The molecule has 4 heterocycles. The summed E-state index contributed by atoms with van der Waals surface area (Å²) in [4.78, 5) is 32.3. The number of nitrogens with zero attached hydrogens (tertiary/aromatic N) is 5. The lowest BCUT2D eigenvalue weighted by atomic mass is 10.2. The summed E-state index contributed by atoms with van der Waals surface area (Å²) in [7, 11) is 1.57. The third kappa shape index (κ3) is 4.17. The van der Waals surface area contributed by atoms with Crippen LogP contribution in [0.2, 0.25) is 5.15 Å². The van der Waals surface area contributed by atoms with E-state index in [4.69, 9.17) is 21.1 Å². The van der Waals surface area contributed by atoms with Gasteiger partial charge in [-0.2, -0.15) is 0 Å². The summed E-state index contributed by atoms with van der Waals surface area (Å²) in [5.74, 6) is -0.467. The van der Waals surface area contributed by atoms with E-state index in [2.05, 4.69) is 30.9 Å². The summed E-state index contributed by atoms with van der Waals surface area (Å²) in [5, 5.41) is 13.2. The van der Waals surface area contributed by atoms with Gasteiger partial charge < -0.3 is 14.8 Å². The van der Waals surface area contributed by atoms with Gasteiger partial charge in [-0.15, -0.1) is 5.10 Å². The van der Waals surface area contributed by atoms with E-state index in [1.165, 1.54) is 11.6 Å². The molecular weight excluding hydrogens is 445 g/mol. The van der Waals surface area contributed by atoms with Gasteiger partial charge in [0.15, 0.2) is 17.6 Å². The second-order valence-corrected chi connectivity index (χ2v) is 7.27. The molecule has 1 aliphatic heterocycles. The minimum Gasteiger partial charge on any atom is -0.463 e. The van der Waals surface area contributed by atoms with Crippen molar-refractivity contribution >= 4 is 35.1 Å². The number of anilines is 2. The fourth-order valence-corrected chi connectivity index (χ4v) is 3.21. The molecule has 0 fully saturated rings. The van der Waals surface area contributed by atoms with Crippen molar-refractivity contribution in [1.82, 2.24) is 25.0 Å². The number of pyridine rings is 2. The van der Waals surface area contributed by atoms with E-state index in [0.29, 0.717) is 11.4 Å². The van der Waals surface area contributed by atoms with Crippen molar-refractivity contribution in [2.75, 3.05) is 10.6 Å². The molecule has 32 heavy (non-hydrogen) atoms. The van der Waals surface area contributed by atoms with Gasteiger partial charge in [0.2, 0.25) is 5.88 Å². The van der Waals surface area contributed by atoms with E-state index in [1.807, 2.05) is 0 Å². The molecule has 0 spiro atoms. The number of halogens is 2. The van der Waals surface area contributed by atoms with Crippen molar-refractivity contribution in [1.29, 1.82) is 0 Å². The molecule has 2 amide bonds. The van der Waals surface area contributed by atoms with Crippen molar-refractivity contribution in [3.8, 4) is 17.3 Å². The molecule has 2 N–H and O–H groups in total. The van der Waals surface area contributed by atoms with Crippen molar-refractivity contribution in [3.05, 3.63) is 40.9 Å². The zero-order valence-electron chi connectivity index (χ0n) is 17.1. The second kappa shape index (κ2) is 8.38. The maximum atomic E-state index is 13.5. The van der Waals surface area contributed by atoms with Crippen molar-refractivity contribution in [2.45, 2.75) is 26.1 Å². The number of carbonyl (C=O) groups excluding carboxylic acids is 2. The number of aryl methyl sites for hydroxylation is 1. The van der Waals surface area contributed by atoms with Crippen LogP contribution in [0.1, 0.15) is 25.5 Å². The summed E-state index contributed by atoms with van der Waals surface area (Å²) < 4.78 is 25.6. The van der Waals surface area contributed by atoms with Gasteiger partial charge >= 0.3 is 6.09 Å². The van der Waals surface area contributed by atoms with E-state index in [0.717, 1.165) is 12.3 Å². The molecule has 0 bridgehead atoms. The number of amides is 2. The first-order valence-corrected chi connectivity index (χ1v) is 9.78. The van der Waals surface area contributed by atoms with Crippen LogP contribution in [0, 0.1) is 5.82 Å². The van der Waals surface area contributed by atoms with Crippen LogP contribution < -0.4 is 15.4 Å². The zero-order chi connectivity index (χ0) is 23.0. The summed E-state index contributed by atoms with van der Waals surface area (Å²) in [6, 6.07) is 4.35. The Morgan fingerprint density at radius 1 is 1.44 bits per heavy atom. The largest absolute Gasteiger partial charge is 0.463 e. The topological polar surface area (TPSA) is 133 Å². The molecule has 2 atom stereocenters. The molecule has 3 aromatic heterocycles. The Hall–Kier alpha value is -3.80. The molecule has 0 aromatic carbocycles. The Labute approximate surface area is 185 Å². The SMILES string of the molecule is CC1Oc2nc(-c3nnn(C)c3NC(=O)O[C@H](C)c3cc(F)cnc3Cl)ccc2NC1=O. The van der Waals surface area contributed by atoms with Gasteiger partial charge in [-0.05, 0) is 32.0 Å². The van der Waals surface area contributed by atoms with Crippen molar-refractivity contribution < 1.29 is 23.5 Å². The zero-order valence-corrected chi connectivity index (χ0v) is 17.8.